The molecule has 8 nitrogen and oxygen atoms in total. The van der Waals surface area contributed by atoms with Crippen molar-refractivity contribution in [3.8, 4) is 17.2 Å². The number of rotatable bonds is 9. The lowest BCUT2D eigenvalue weighted by atomic mass is 10.1. The summed E-state index contributed by atoms with van der Waals surface area (Å²) >= 11 is 0. The second-order valence-corrected chi connectivity index (χ2v) is 6.62. The lowest BCUT2D eigenvalue weighted by Crippen LogP contribution is -2.54. The Kier molecular flexibility index (Phi) is 7.28. The summed E-state index contributed by atoms with van der Waals surface area (Å²) in [7, 11) is 0. The summed E-state index contributed by atoms with van der Waals surface area (Å²) < 4.78 is 16.6. The van der Waals surface area contributed by atoms with E-state index in [0.717, 1.165) is 4.90 Å². The van der Waals surface area contributed by atoms with Gasteiger partial charge in [-0.25, -0.2) is 9.69 Å². The minimum absolute atomic E-state index is 0.180. The summed E-state index contributed by atoms with van der Waals surface area (Å²) in [5, 5.41) is 2.21. The van der Waals surface area contributed by atoms with Crippen molar-refractivity contribution in [1.82, 2.24) is 5.32 Å². The number of nitrogens with zero attached hydrogens (tertiary/aromatic N) is 1. The second-order valence-electron chi connectivity index (χ2n) is 6.62. The van der Waals surface area contributed by atoms with E-state index >= 15 is 0 Å². The van der Waals surface area contributed by atoms with E-state index < -0.39 is 17.8 Å². The summed E-state index contributed by atoms with van der Waals surface area (Å²) in [6, 6.07) is 10.7. The standard InChI is InChI=1S/C24H24N2O6/c1-4-13-32-20-12-7-16(15-21(20)31-6-3)14-19-22(27)25-24(29)26(23(19)28)17-8-10-18(11-9-17)30-5-2/h4,7-12,14-15H,1,5-6,13H2,2-3H3,(H,25,27,29). The van der Waals surface area contributed by atoms with Gasteiger partial charge in [0.1, 0.15) is 17.9 Å². The first-order valence-electron chi connectivity index (χ1n) is 10.1. The van der Waals surface area contributed by atoms with E-state index in [0.29, 0.717) is 48.3 Å². The number of nitrogens with one attached hydrogen (secondary N) is 1. The fourth-order valence-corrected chi connectivity index (χ4v) is 3.07. The maximum atomic E-state index is 13.1. The maximum absolute atomic E-state index is 13.1. The summed E-state index contributed by atoms with van der Waals surface area (Å²) in [4.78, 5) is 38.8. The molecule has 2 aromatic carbocycles. The first-order chi connectivity index (χ1) is 15.5. The van der Waals surface area contributed by atoms with Crippen LogP contribution in [0.3, 0.4) is 0 Å². The number of urea groups is 1. The Morgan fingerprint density at radius 1 is 0.938 bits per heavy atom. The number of imide groups is 2. The fourth-order valence-electron chi connectivity index (χ4n) is 3.07. The molecule has 166 valence electrons. The highest BCUT2D eigenvalue weighted by atomic mass is 16.5. The highest BCUT2D eigenvalue weighted by Crippen LogP contribution is 2.30. The molecule has 32 heavy (non-hydrogen) atoms. The second kappa shape index (κ2) is 10.3. The zero-order chi connectivity index (χ0) is 23.1. The lowest BCUT2D eigenvalue weighted by molar-refractivity contribution is -0.122. The Balaban J connectivity index is 1.93. The van der Waals surface area contributed by atoms with Crippen molar-refractivity contribution >= 4 is 29.6 Å². The molecule has 0 aromatic heterocycles. The molecular weight excluding hydrogens is 412 g/mol. The molecular formula is C24H24N2O6. The predicted octanol–water partition coefficient (Wildman–Crippen LogP) is 3.72. The van der Waals surface area contributed by atoms with Gasteiger partial charge in [0, 0.05) is 0 Å². The van der Waals surface area contributed by atoms with Crippen molar-refractivity contribution in [3.05, 3.63) is 66.3 Å². The molecule has 3 rings (SSSR count). The van der Waals surface area contributed by atoms with Gasteiger partial charge in [-0.3, -0.25) is 14.9 Å². The molecule has 1 N–H and O–H groups in total. The lowest BCUT2D eigenvalue weighted by Gasteiger charge is -2.26. The van der Waals surface area contributed by atoms with Crippen LogP contribution in [-0.4, -0.2) is 37.7 Å². The first kappa shape index (κ1) is 22.6. The van der Waals surface area contributed by atoms with Gasteiger partial charge in [-0.1, -0.05) is 18.7 Å². The zero-order valence-corrected chi connectivity index (χ0v) is 17.9. The highest BCUT2D eigenvalue weighted by Gasteiger charge is 2.36. The largest absolute Gasteiger partial charge is 0.494 e. The van der Waals surface area contributed by atoms with Crippen LogP contribution in [-0.2, 0) is 9.59 Å². The van der Waals surface area contributed by atoms with Crippen molar-refractivity contribution < 1.29 is 28.6 Å². The summed E-state index contributed by atoms with van der Waals surface area (Å²) in [5.74, 6) is 0.0847. The van der Waals surface area contributed by atoms with Crippen molar-refractivity contribution in [1.29, 1.82) is 0 Å². The van der Waals surface area contributed by atoms with Crippen LogP contribution in [0.4, 0.5) is 10.5 Å². The van der Waals surface area contributed by atoms with Crippen LogP contribution in [0, 0.1) is 0 Å². The number of anilines is 1. The van der Waals surface area contributed by atoms with Crippen LogP contribution < -0.4 is 24.4 Å². The summed E-state index contributed by atoms with van der Waals surface area (Å²) in [6.07, 6.45) is 3.02. The average Bonchev–Trinajstić information content (AvgIpc) is 2.77. The number of ether oxygens (including phenoxy) is 3. The van der Waals surface area contributed by atoms with Crippen molar-refractivity contribution in [2.75, 3.05) is 24.7 Å². The van der Waals surface area contributed by atoms with Crippen LogP contribution in [0.5, 0.6) is 17.2 Å². The molecule has 0 saturated carbocycles. The van der Waals surface area contributed by atoms with Crippen molar-refractivity contribution in [3.63, 3.8) is 0 Å². The van der Waals surface area contributed by atoms with Gasteiger partial charge < -0.3 is 14.2 Å². The topological polar surface area (TPSA) is 94.2 Å². The predicted molar refractivity (Wildman–Crippen MR) is 120 cm³/mol. The SMILES string of the molecule is C=CCOc1ccc(C=C2C(=O)NC(=O)N(c3ccc(OCC)cc3)C2=O)cc1OCC. The summed E-state index contributed by atoms with van der Waals surface area (Å²) in [5.41, 5.74) is 0.678. The molecule has 0 atom stereocenters. The number of hydrogen-bond acceptors (Lipinski definition) is 6. The molecule has 1 fully saturated rings. The molecule has 8 heteroatoms. The Hall–Kier alpha value is -4.07. The van der Waals surface area contributed by atoms with Gasteiger partial charge in [0.25, 0.3) is 11.8 Å². The van der Waals surface area contributed by atoms with E-state index in [1.807, 2.05) is 13.8 Å². The minimum Gasteiger partial charge on any atom is -0.494 e. The molecule has 2 aromatic rings. The van der Waals surface area contributed by atoms with Crippen molar-refractivity contribution in [2.24, 2.45) is 0 Å². The van der Waals surface area contributed by atoms with E-state index in [2.05, 4.69) is 11.9 Å². The van der Waals surface area contributed by atoms with Gasteiger partial charge in [0.05, 0.1) is 18.9 Å². The molecule has 0 radical (unpaired) electrons. The molecule has 0 spiro atoms. The maximum Gasteiger partial charge on any atom is 0.335 e. The van der Waals surface area contributed by atoms with Crippen molar-refractivity contribution in [2.45, 2.75) is 13.8 Å². The third-order valence-electron chi connectivity index (χ3n) is 4.44. The Morgan fingerprint density at radius 2 is 1.66 bits per heavy atom. The van der Waals surface area contributed by atoms with Gasteiger partial charge in [0.15, 0.2) is 11.5 Å². The van der Waals surface area contributed by atoms with Crippen LogP contribution >= 0.6 is 0 Å². The summed E-state index contributed by atoms with van der Waals surface area (Å²) in [6.45, 7) is 8.51. The van der Waals surface area contributed by atoms with Crippen LogP contribution in [0.1, 0.15) is 19.4 Å². The Labute approximate surface area is 186 Å². The fraction of sp³-hybridized carbons (Fsp3) is 0.208. The smallest absolute Gasteiger partial charge is 0.335 e. The van der Waals surface area contributed by atoms with E-state index in [-0.39, 0.29) is 5.57 Å². The van der Waals surface area contributed by atoms with Gasteiger partial charge in [0.2, 0.25) is 0 Å². The third kappa shape index (κ3) is 4.97. The Bertz CT molecular complexity index is 1060. The van der Waals surface area contributed by atoms with Gasteiger partial charge >= 0.3 is 6.03 Å². The zero-order valence-electron chi connectivity index (χ0n) is 17.9. The van der Waals surface area contributed by atoms with E-state index in [1.54, 1.807) is 48.5 Å². The number of benzene rings is 2. The molecule has 1 aliphatic heterocycles. The monoisotopic (exact) mass is 436 g/mol. The van der Waals surface area contributed by atoms with Crippen LogP contribution in [0.25, 0.3) is 6.08 Å². The highest BCUT2D eigenvalue weighted by molar-refractivity contribution is 6.39. The first-order valence-corrected chi connectivity index (χ1v) is 10.1. The minimum atomic E-state index is -0.815. The normalized spacial score (nSPS) is 14.9. The molecule has 0 aliphatic carbocycles. The average molecular weight is 436 g/mol. The Morgan fingerprint density at radius 3 is 2.31 bits per heavy atom. The third-order valence-corrected chi connectivity index (χ3v) is 4.44. The van der Waals surface area contributed by atoms with Gasteiger partial charge in [-0.15, -0.1) is 0 Å². The quantitative estimate of drug-likeness (QED) is 0.366. The van der Waals surface area contributed by atoms with Gasteiger partial charge in [-0.2, -0.15) is 0 Å². The van der Waals surface area contributed by atoms with Gasteiger partial charge in [-0.05, 0) is 61.9 Å². The molecule has 4 amide bonds. The van der Waals surface area contributed by atoms with E-state index in [4.69, 9.17) is 14.2 Å². The molecule has 1 heterocycles. The molecule has 0 bridgehead atoms. The van der Waals surface area contributed by atoms with E-state index in [1.165, 1.54) is 6.08 Å². The van der Waals surface area contributed by atoms with E-state index in [9.17, 15) is 14.4 Å². The number of amides is 4. The molecule has 0 unspecified atom stereocenters. The molecule has 1 aliphatic rings. The number of carbonyl (C=O) groups is 3. The van der Waals surface area contributed by atoms with Crippen LogP contribution in [0.15, 0.2) is 60.7 Å². The van der Waals surface area contributed by atoms with Crippen LogP contribution in [0.2, 0.25) is 0 Å². The number of barbiturate groups is 1. The number of hydrogen-bond donors (Lipinski definition) is 1. The molecule has 1 saturated heterocycles. The number of carbonyl (C=O) groups excluding carboxylic acids is 3.